The molecule has 0 amide bonds. The first-order valence-electron chi connectivity index (χ1n) is 5.81. The number of rotatable bonds is 3. The van der Waals surface area contributed by atoms with Crippen molar-refractivity contribution in [3.8, 4) is 0 Å². The van der Waals surface area contributed by atoms with E-state index in [1.54, 1.807) is 6.20 Å². The van der Waals surface area contributed by atoms with Crippen molar-refractivity contribution < 1.29 is 0 Å². The van der Waals surface area contributed by atoms with Crippen molar-refractivity contribution in [1.29, 1.82) is 0 Å². The summed E-state index contributed by atoms with van der Waals surface area (Å²) < 4.78 is 0.978. The minimum absolute atomic E-state index is 0.00976. The molecular weight excluding hydrogens is 290 g/mol. The fourth-order valence-corrected chi connectivity index (χ4v) is 2.25. The highest BCUT2D eigenvalue weighted by molar-refractivity contribution is 9.10. The maximum atomic E-state index is 5.96. The summed E-state index contributed by atoms with van der Waals surface area (Å²) in [5.41, 5.74) is 9.14. The topological polar surface area (TPSA) is 50.9 Å². The Bertz CT molecular complexity index is 552. The molecular formula is C14H16BrN3. The standard InChI is InChI=1S/C14H16BrN3/c1-9-7-11(15)8-17-14(9)18-13-6-4-3-5-12(13)10(2)16/h3-8,10H,16H2,1-2H3,(H,17,18). The Morgan fingerprint density at radius 3 is 2.72 bits per heavy atom. The molecule has 1 heterocycles. The first kappa shape index (κ1) is 13.1. The van der Waals surface area contributed by atoms with E-state index in [-0.39, 0.29) is 6.04 Å². The van der Waals surface area contributed by atoms with Gasteiger partial charge in [-0.3, -0.25) is 0 Å². The zero-order valence-corrected chi connectivity index (χ0v) is 12.0. The van der Waals surface area contributed by atoms with Gasteiger partial charge in [-0.2, -0.15) is 0 Å². The van der Waals surface area contributed by atoms with Gasteiger partial charge in [0.25, 0.3) is 0 Å². The van der Waals surface area contributed by atoms with Gasteiger partial charge in [-0.1, -0.05) is 18.2 Å². The van der Waals surface area contributed by atoms with Crippen molar-refractivity contribution in [3.63, 3.8) is 0 Å². The van der Waals surface area contributed by atoms with Crippen molar-refractivity contribution in [2.24, 2.45) is 5.73 Å². The van der Waals surface area contributed by atoms with E-state index in [1.807, 2.05) is 44.2 Å². The summed E-state index contributed by atoms with van der Waals surface area (Å²) >= 11 is 3.41. The molecule has 1 aromatic heterocycles. The van der Waals surface area contributed by atoms with E-state index in [0.29, 0.717) is 0 Å². The third-order valence-electron chi connectivity index (χ3n) is 2.75. The molecule has 1 unspecified atom stereocenters. The smallest absolute Gasteiger partial charge is 0.133 e. The van der Waals surface area contributed by atoms with Gasteiger partial charge in [-0.05, 0) is 53.0 Å². The number of pyridine rings is 1. The normalized spacial score (nSPS) is 12.2. The second-order valence-electron chi connectivity index (χ2n) is 4.32. The van der Waals surface area contributed by atoms with Gasteiger partial charge in [-0.25, -0.2) is 4.98 Å². The second kappa shape index (κ2) is 5.50. The molecule has 0 aliphatic heterocycles. The summed E-state index contributed by atoms with van der Waals surface area (Å²) in [4.78, 5) is 4.37. The Balaban J connectivity index is 2.34. The summed E-state index contributed by atoms with van der Waals surface area (Å²) in [6.45, 7) is 4.00. The average Bonchev–Trinajstić information content (AvgIpc) is 2.33. The number of aryl methyl sites for hydroxylation is 1. The quantitative estimate of drug-likeness (QED) is 0.903. The monoisotopic (exact) mass is 305 g/mol. The molecule has 2 rings (SSSR count). The first-order chi connectivity index (χ1) is 8.58. The second-order valence-corrected chi connectivity index (χ2v) is 5.24. The maximum Gasteiger partial charge on any atom is 0.133 e. The van der Waals surface area contributed by atoms with Crippen LogP contribution in [0.4, 0.5) is 11.5 Å². The number of anilines is 2. The molecule has 0 fully saturated rings. The van der Waals surface area contributed by atoms with Gasteiger partial charge < -0.3 is 11.1 Å². The highest BCUT2D eigenvalue weighted by Crippen LogP contribution is 2.26. The largest absolute Gasteiger partial charge is 0.340 e. The van der Waals surface area contributed by atoms with E-state index in [1.165, 1.54) is 0 Å². The van der Waals surface area contributed by atoms with Crippen LogP contribution >= 0.6 is 15.9 Å². The van der Waals surface area contributed by atoms with Crippen molar-refractivity contribution >= 4 is 27.4 Å². The van der Waals surface area contributed by atoms with Crippen LogP contribution < -0.4 is 11.1 Å². The molecule has 0 aliphatic rings. The van der Waals surface area contributed by atoms with Crippen LogP contribution in [0.25, 0.3) is 0 Å². The van der Waals surface area contributed by atoms with Crippen molar-refractivity contribution in [2.75, 3.05) is 5.32 Å². The van der Waals surface area contributed by atoms with E-state index >= 15 is 0 Å². The molecule has 18 heavy (non-hydrogen) atoms. The maximum absolute atomic E-state index is 5.96. The SMILES string of the molecule is Cc1cc(Br)cnc1Nc1ccccc1C(C)N. The summed E-state index contributed by atoms with van der Waals surface area (Å²) in [5.74, 6) is 0.853. The highest BCUT2D eigenvalue weighted by atomic mass is 79.9. The predicted molar refractivity (Wildman–Crippen MR) is 79.0 cm³/mol. The molecule has 0 bridgehead atoms. The molecule has 3 nitrogen and oxygen atoms in total. The van der Waals surface area contributed by atoms with Gasteiger partial charge in [0.2, 0.25) is 0 Å². The van der Waals surface area contributed by atoms with Gasteiger partial charge in [0, 0.05) is 22.4 Å². The Morgan fingerprint density at radius 2 is 2.06 bits per heavy atom. The summed E-state index contributed by atoms with van der Waals surface area (Å²) in [5, 5.41) is 3.34. The fourth-order valence-electron chi connectivity index (χ4n) is 1.81. The van der Waals surface area contributed by atoms with Crippen LogP contribution in [0, 0.1) is 6.92 Å². The molecule has 94 valence electrons. The molecule has 0 radical (unpaired) electrons. The Morgan fingerprint density at radius 1 is 1.33 bits per heavy atom. The molecule has 3 N–H and O–H groups in total. The van der Waals surface area contributed by atoms with Gasteiger partial charge in [-0.15, -0.1) is 0 Å². The molecule has 4 heteroatoms. The molecule has 0 spiro atoms. The third kappa shape index (κ3) is 2.89. The summed E-state index contributed by atoms with van der Waals surface area (Å²) in [6, 6.07) is 10.0. The Kier molecular flexibility index (Phi) is 3.99. The van der Waals surface area contributed by atoms with Crippen LogP contribution in [0.1, 0.15) is 24.1 Å². The molecule has 2 aromatic rings. The van der Waals surface area contributed by atoms with E-state index in [2.05, 4.69) is 26.2 Å². The van der Waals surface area contributed by atoms with E-state index in [4.69, 9.17) is 5.73 Å². The van der Waals surface area contributed by atoms with Crippen LogP contribution in [-0.4, -0.2) is 4.98 Å². The number of aromatic nitrogens is 1. The number of hydrogen-bond donors (Lipinski definition) is 2. The zero-order valence-electron chi connectivity index (χ0n) is 10.4. The molecule has 0 aliphatic carbocycles. The number of halogens is 1. The predicted octanol–water partition coefficient (Wildman–Crippen LogP) is 3.92. The van der Waals surface area contributed by atoms with E-state index in [0.717, 1.165) is 27.1 Å². The summed E-state index contributed by atoms with van der Waals surface area (Å²) in [7, 11) is 0. The molecule has 0 saturated carbocycles. The van der Waals surface area contributed by atoms with Crippen LogP contribution in [0.3, 0.4) is 0 Å². The van der Waals surface area contributed by atoms with Gasteiger partial charge >= 0.3 is 0 Å². The van der Waals surface area contributed by atoms with Gasteiger partial charge in [0.15, 0.2) is 0 Å². The van der Waals surface area contributed by atoms with Crippen LogP contribution in [0.15, 0.2) is 41.0 Å². The lowest BCUT2D eigenvalue weighted by Crippen LogP contribution is -2.08. The highest BCUT2D eigenvalue weighted by Gasteiger charge is 2.08. The van der Waals surface area contributed by atoms with Crippen molar-refractivity contribution in [3.05, 3.63) is 52.1 Å². The van der Waals surface area contributed by atoms with Gasteiger partial charge in [0.05, 0.1) is 0 Å². The lowest BCUT2D eigenvalue weighted by atomic mass is 10.1. The number of hydrogen-bond acceptors (Lipinski definition) is 3. The van der Waals surface area contributed by atoms with E-state index in [9.17, 15) is 0 Å². The Labute approximate surface area is 116 Å². The minimum Gasteiger partial charge on any atom is -0.340 e. The first-order valence-corrected chi connectivity index (χ1v) is 6.61. The lowest BCUT2D eigenvalue weighted by Gasteiger charge is -2.15. The average molecular weight is 306 g/mol. The van der Waals surface area contributed by atoms with Gasteiger partial charge in [0.1, 0.15) is 5.82 Å². The molecule has 0 saturated heterocycles. The van der Waals surface area contributed by atoms with Crippen LogP contribution in [-0.2, 0) is 0 Å². The number of nitrogens with one attached hydrogen (secondary N) is 1. The number of nitrogens with zero attached hydrogens (tertiary/aromatic N) is 1. The number of para-hydroxylation sites is 1. The van der Waals surface area contributed by atoms with Crippen LogP contribution in [0.2, 0.25) is 0 Å². The molecule has 1 atom stereocenters. The summed E-state index contributed by atoms with van der Waals surface area (Å²) in [6.07, 6.45) is 1.78. The van der Waals surface area contributed by atoms with E-state index < -0.39 is 0 Å². The van der Waals surface area contributed by atoms with Crippen molar-refractivity contribution in [1.82, 2.24) is 4.98 Å². The number of nitrogens with two attached hydrogens (primary N) is 1. The third-order valence-corrected chi connectivity index (χ3v) is 3.18. The number of benzene rings is 1. The van der Waals surface area contributed by atoms with Crippen molar-refractivity contribution in [2.45, 2.75) is 19.9 Å². The minimum atomic E-state index is -0.00976. The van der Waals surface area contributed by atoms with Crippen LogP contribution in [0.5, 0.6) is 0 Å². The zero-order chi connectivity index (χ0) is 13.1. The fraction of sp³-hybridized carbons (Fsp3) is 0.214. The lowest BCUT2D eigenvalue weighted by molar-refractivity contribution is 0.820. The Hall–Kier alpha value is -1.39. The molecule has 1 aromatic carbocycles.